The summed E-state index contributed by atoms with van der Waals surface area (Å²) in [7, 11) is 0. The van der Waals surface area contributed by atoms with Gasteiger partial charge in [0.1, 0.15) is 24.4 Å². The van der Waals surface area contributed by atoms with Crippen LogP contribution < -0.4 is 11.2 Å². The van der Waals surface area contributed by atoms with Crippen LogP contribution in [-0.4, -0.2) is 65.2 Å². The Bertz CT molecular complexity index is 1110. The largest absolute Gasteiger partial charge is 0.394 e. The first-order chi connectivity index (χ1) is 14.0. The number of aliphatic hydroxyl groups excluding tert-OH is 3. The number of nitrogens with one attached hydrogen (secondary N) is 2. The van der Waals surface area contributed by atoms with Gasteiger partial charge in [-0.15, -0.1) is 5.10 Å². The molecule has 3 heterocycles. The van der Waals surface area contributed by atoms with Crippen LogP contribution in [0.2, 0.25) is 0 Å². The van der Waals surface area contributed by atoms with Crippen LogP contribution in [-0.2, 0) is 11.2 Å². The van der Waals surface area contributed by atoms with Crippen molar-refractivity contribution in [3.05, 3.63) is 74.3 Å². The van der Waals surface area contributed by atoms with Crippen molar-refractivity contribution < 1.29 is 20.1 Å². The van der Waals surface area contributed by atoms with Crippen molar-refractivity contribution in [1.29, 1.82) is 0 Å². The van der Waals surface area contributed by atoms with Gasteiger partial charge < -0.3 is 25.0 Å². The van der Waals surface area contributed by atoms with Crippen LogP contribution in [0.25, 0.3) is 5.69 Å². The van der Waals surface area contributed by atoms with E-state index in [-0.39, 0.29) is 17.7 Å². The molecule has 1 aliphatic rings. The minimum Gasteiger partial charge on any atom is -0.394 e. The van der Waals surface area contributed by atoms with Crippen molar-refractivity contribution in [2.45, 2.75) is 30.8 Å². The van der Waals surface area contributed by atoms with Crippen LogP contribution in [0.4, 0.5) is 0 Å². The SMILES string of the molecule is O=c1[nH]c(Cc2cn(-c3ccccc3)nn2)c([C@@H]2O[C@H](CO)C(O)[C@@H]2O)c(=O)[nH]1. The molecule has 0 amide bonds. The molecule has 1 fully saturated rings. The van der Waals surface area contributed by atoms with E-state index in [4.69, 9.17) is 4.74 Å². The highest BCUT2D eigenvalue weighted by atomic mass is 16.6. The lowest BCUT2D eigenvalue weighted by Gasteiger charge is -2.16. The Balaban J connectivity index is 1.69. The number of aliphatic hydroxyl groups is 3. The van der Waals surface area contributed by atoms with E-state index in [0.717, 1.165) is 5.69 Å². The van der Waals surface area contributed by atoms with E-state index in [2.05, 4.69) is 20.3 Å². The van der Waals surface area contributed by atoms with Gasteiger partial charge in [-0.3, -0.25) is 9.78 Å². The number of H-pyrrole nitrogens is 2. The van der Waals surface area contributed by atoms with Crippen LogP contribution in [0.5, 0.6) is 0 Å². The van der Waals surface area contributed by atoms with Crippen molar-refractivity contribution in [2.24, 2.45) is 0 Å². The van der Waals surface area contributed by atoms with Crippen LogP contribution in [0.3, 0.4) is 0 Å². The van der Waals surface area contributed by atoms with Gasteiger partial charge in [0.25, 0.3) is 5.56 Å². The zero-order valence-electron chi connectivity index (χ0n) is 15.1. The molecule has 11 nitrogen and oxygen atoms in total. The Morgan fingerprint density at radius 1 is 1.10 bits per heavy atom. The van der Waals surface area contributed by atoms with Gasteiger partial charge >= 0.3 is 5.69 Å². The molecular formula is C18H19N5O6. The van der Waals surface area contributed by atoms with E-state index in [1.165, 1.54) is 0 Å². The number of ether oxygens (including phenoxy) is 1. The second kappa shape index (κ2) is 7.72. The van der Waals surface area contributed by atoms with Gasteiger partial charge in [0.15, 0.2) is 0 Å². The predicted octanol–water partition coefficient (Wildman–Crippen LogP) is -1.61. The van der Waals surface area contributed by atoms with Crippen LogP contribution in [0, 0.1) is 0 Å². The fourth-order valence-electron chi connectivity index (χ4n) is 3.39. The first-order valence-corrected chi connectivity index (χ1v) is 8.92. The normalized spacial score (nSPS) is 24.1. The maximum Gasteiger partial charge on any atom is 0.325 e. The molecule has 4 atom stereocenters. The number of hydrogen-bond donors (Lipinski definition) is 5. The summed E-state index contributed by atoms with van der Waals surface area (Å²) in [6.07, 6.45) is -3.40. The Morgan fingerprint density at radius 2 is 1.86 bits per heavy atom. The lowest BCUT2D eigenvalue weighted by atomic mass is 9.99. The summed E-state index contributed by atoms with van der Waals surface area (Å²) < 4.78 is 7.01. The molecule has 5 N–H and O–H groups in total. The van der Waals surface area contributed by atoms with E-state index >= 15 is 0 Å². The monoisotopic (exact) mass is 401 g/mol. The van der Waals surface area contributed by atoms with Crippen molar-refractivity contribution in [1.82, 2.24) is 25.0 Å². The highest BCUT2D eigenvalue weighted by Gasteiger charge is 2.45. The smallest absolute Gasteiger partial charge is 0.325 e. The highest BCUT2D eigenvalue weighted by Crippen LogP contribution is 2.33. The molecular weight excluding hydrogens is 382 g/mol. The van der Waals surface area contributed by atoms with Gasteiger partial charge in [-0.2, -0.15) is 0 Å². The fourth-order valence-corrected chi connectivity index (χ4v) is 3.39. The maximum atomic E-state index is 12.5. The summed E-state index contributed by atoms with van der Waals surface area (Å²) in [4.78, 5) is 28.9. The molecule has 0 aliphatic carbocycles. The minimum atomic E-state index is -1.45. The first-order valence-electron chi connectivity index (χ1n) is 8.92. The quantitative estimate of drug-likeness (QED) is 0.340. The third-order valence-electron chi connectivity index (χ3n) is 4.81. The van der Waals surface area contributed by atoms with Crippen molar-refractivity contribution >= 4 is 0 Å². The number of aromatic nitrogens is 5. The van der Waals surface area contributed by atoms with Crippen molar-refractivity contribution in [3.63, 3.8) is 0 Å². The lowest BCUT2D eigenvalue weighted by Crippen LogP contribution is -2.35. The zero-order chi connectivity index (χ0) is 20.5. The number of nitrogens with zero attached hydrogens (tertiary/aromatic N) is 3. The Labute approximate surface area is 163 Å². The Morgan fingerprint density at radius 3 is 2.55 bits per heavy atom. The zero-order valence-corrected chi connectivity index (χ0v) is 15.1. The molecule has 152 valence electrons. The summed E-state index contributed by atoms with van der Waals surface area (Å²) in [6, 6.07) is 9.27. The van der Waals surface area contributed by atoms with Gasteiger partial charge in [-0.05, 0) is 12.1 Å². The summed E-state index contributed by atoms with van der Waals surface area (Å²) in [5.41, 5.74) is -0.0996. The van der Waals surface area contributed by atoms with E-state index in [1.54, 1.807) is 10.9 Å². The van der Waals surface area contributed by atoms with Crippen LogP contribution >= 0.6 is 0 Å². The standard InChI is InChI=1S/C18H19N5O6/c24-8-12-14(25)15(26)16(29-12)13-11(19-18(28)20-17(13)27)6-9-7-23(22-21-9)10-4-2-1-3-5-10/h1-5,7,12,14-16,24-26H,6,8H2,(H2,19,20,27,28)/t12-,14?,15+,16+/m1/s1. The Hall–Kier alpha value is -3.12. The lowest BCUT2D eigenvalue weighted by molar-refractivity contribution is -0.0235. The topological polar surface area (TPSA) is 166 Å². The molecule has 3 aromatic rings. The molecule has 1 aliphatic heterocycles. The van der Waals surface area contributed by atoms with E-state index in [0.29, 0.717) is 5.69 Å². The van der Waals surface area contributed by atoms with Crippen molar-refractivity contribution in [2.75, 3.05) is 6.61 Å². The molecule has 1 unspecified atom stereocenters. The van der Waals surface area contributed by atoms with Gasteiger partial charge in [-0.1, -0.05) is 23.4 Å². The molecule has 0 saturated carbocycles. The van der Waals surface area contributed by atoms with E-state index in [1.807, 2.05) is 30.3 Å². The first kappa shape index (κ1) is 19.2. The Kier molecular flexibility index (Phi) is 5.11. The summed E-state index contributed by atoms with van der Waals surface area (Å²) >= 11 is 0. The molecule has 11 heteroatoms. The van der Waals surface area contributed by atoms with Gasteiger partial charge in [0, 0.05) is 12.1 Å². The predicted molar refractivity (Wildman–Crippen MR) is 98.6 cm³/mol. The van der Waals surface area contributed by atoms with Gasteiger partial charge in [0.2, 0.25) is 0 Å². The van der Waals surface area contributed by atoms with E-state index in [9.17, 15) is 24.9 Å². The maximum absolute atomic E-state index is 12.5. The summed E-state index contributed by atoms with van der Waals surface area (Å²) in [5, 5.41) is 37.7. The molecule has 0 radical (unpaired) electrons. The summed E-state index contributed by atoms with van der Waals surface area (Å²) in [6.45, 7) is -0.531. The molecule has 1 saturated heterocycles. The number of benzene rings is 1. The van der Waals surface area contributed by atoms with Crippen molar-refractivity contribution in [3.8, 4) is 5.69 Å². The number of aromatic amines is 2. The minimum absolute atomic E-state index is 0.0355. The van der Waals surface area contributed by atoms with Crippen LogP contribution in [0.1, 0.15) is 23.1 Å². The molecule has 29 heavy (non-hydrogen) atoms. The molecule has 4 rings (SSSR count). The molecule has 2 aromatic heterocycles. The number of hydrogen-bond acceptors (Lipinski definition) is 8. The average molecular weight is 401 g/mol. The third-order valence-corrected chi connectivity index (χ3v) is 4.81. The molecule has 0 bridgehead atoms. The average Bonchev–Trinajstić information content (AvgIpc) is 3.28. The van der Waals surface area contributed by atoms with E-state index < -0.39 is 42.3 Å². The number of para-hydroxylation sites is 1. The third kappa shape index (κ3) is 3.63. The fraction of sp³-hybridized carbons (Fsp3) is 0.333. The van der Waals surface area contributed by atoms with Crippen LogP contribution in [0.15, 0.2) is 46.1 Å². The molecule has 1 aromatic carbocycles. The summed E-state index contributed by atoms with van der Waals surface area (Å²) in [5.74, 6) is 0. The van der Waals surface area contributed by atoms with Gasteiger partial charge in [0.05, 0.1) is 29.7 Å². The van der Waals surface area contributed by atoms with Gasteiger partial charge in [-0.25, -0.2) is 9.48 Å². The highest BCUT2D eigenvalue weighted by molar-refractivity contribution is 5.31. The second-order valence-electron chi connectivity index (χ2n) is 6.73. The number of rotatable bonds is 5. The second-order valence-corrected chi connectivity index (χ2v) is 6.73. The molecule has 0 spiro atoms.